The van der Waals surface area contributed by atoms with Gasteiger partial charge < -0.3 is 5.32 Å². The van der Waals surface area contributed by atoms with Gasteiger partial charge in [0.25, 0.3) is 0 Å². The fourth-order valence-corrected chi connectivity index (χ4v) is 1.91. The molecule has 2 fully saturated rings. The Morgan fingerprint density at radius 1 is 1.29 bits per heavy atom. The van der Waals surface area contributed by atoms with E-state index in [-0.39, 0.29) is 29.9 Å². The summed E-state index contributed by atoms with van der Waals surface area (Å²) < 4.78 is 0. The smallest absolute Gasteiger partial charge is 0.324 e. The van der Waals surface area contributed by atoms with Crippen molar-refractivity contribution in [3.8, 4) is 0 Å². The average Bonchev–Trinajstić information content (AvgIpc) is 2.05. The highest BCUT2D eigenvalue weighted by Crippen LogP contribution is 2.28. The monoisotopic (exact) mass is 196 g/mol. The van der Waals surface area contributed by atoms with Gasteiger partial charge in [-0.1, -0.05) is 6.92 Å². The van der Waals surface area contributed by atoms with E-state index in [0.717, 1.165) is 19.3 Å². The summed E-state index contributed by atoms with van der Waals surface area (Å²) in [6, 6.07) is -0.0749. The minimum absolute atomic E-state index is 0.00838. The highest BCUT2D eigenvalue weighted by Gasteiger charge is 2.41. The molecular weight excluding hydrogens is 180 g/mol. The summed E-state index contributed by atoms with van der Waals surface area (Å²) in [5, 5.41) is 2.82. The number of rotatable bonds is 1. The van der Waals surface area contributed by atoms with Crippen LogP contribution in [0.4, 0.5) is 4.79 Å². The first-order chi connectivity index (χ1) is 6.61. The number of carbonyl (C=O) groups is 2. The minimum Gasteiger partial charge on any atom is -0.334 e. The van der Waals surface area contributed by atoms with E-state index in [1.165, 1.54) is 4.90 Å². The van der Waals surface area contributed by atoms with E-state index < -0.39 is 0 Å². The van der Waals surface area contributed by atoms with Gasteiger partial charge in [-0.2, -0.15) is 0 Å². The Hall–Kier alpha value is -1.06. The lowest BCUT2D eigenvalue weighted by Crippen LogP contribution is -2.62. The number of hydrogen-bond donors (Lipinski definition) is 1. The van der Waals surface area contributed by atoms with Crippen LogP contribution < -0.4 is 5.32 Å². The zero-order valence-electron chi connectivity index (χ0n) is 8.62. The molecule has 1 N–H and O–H groups in total. The lowest BCUT2D eigenvalue weighted by atomic mass is 9.89. The van der Waals surface area contributed by atoms with E-state index >= 15 is 0 Å². The van der Waals surface area contributed by atoms with Crippen LogP contribution in [0.5, 0.6) is 0 Å². The summed E-state index contributed by atoms with van der Waals surface area (Å²) >= 11 is 0. The van der Waals surface area contributed by atoms with Gasteiger partial charge in [0.15, 0.2) is 0 Å². The van der Waals surface area contributed by atoms with Crippen molar-refractivity contribution >= 4 is 11.9 Å². The molecule has 0 radical (unpaired) electrons. The van der Waals surface area contributed by atoms with Crippen molar-refractivity contribution in [2.24, 2.45) is 5.92 Å². The van der Waals surface area contributed by atoms with Gasteiger partial charge >= 0.3 is 6.03 Å². The highest BCUT2D eigenvalue weighted by atomic mass is 16.2. The van der Waals surface area contributed by atoms with Gasteiger partial charge in [-0.3, -0.25) is 9.69 Å². The molecule has 3 amide bonds. The number of amides is 3. The van der Waals surface area contributed by atoms with Crippen molar-refractivity contribution in [2.45, 2.75) is 45.2 Å². The summed E-state index contributed by atoms with van der Waals surface area (Å²) in [6.07, 6.45) is 3.08. The first kappa shape index (κ1) is 9.49. The minimum atomic E-state index is -0.203. The van der Waals surface area contributed by atoms with Crippen molar-refractivity contribution in [2.75, 3.05) is 0 Å². The molecule has 2 atom stereocenters. The van der Waals surface area contributed by atoms with Crippen LogP contribution in [-0.4, -0.2) is 28.9 Å². The number of urea groups is 1. The standard InChI is InChI=1S/C10H16N2O2/c1-6-7(2)11-10(14)12(9(6)13)8-4-3-5-8/h6-8H,3-5H2,1-2H3,(H,11,14). The van der Waals surface area contributed by atoms with Crippen LogP contribution in [0.25, 0.3) is 0 Å². The molecular formula is C10H16N2O2. The molecule has 4 nitrogen and oxygen atoms in total. The van der Waals surface area contributed by atoms with Crippen LogP contribution >= 0.6 is 0 Å². The SMILES string of the molecule is CC1NC(=O)N(C2CCC2)C(=O)C1C. The number of carbonyl (C=O) groups excluding carboxylic acids is 2. The highest BCUT2D eigenvalue weighted by molar-refractivity contribution is 5.98. The van der Waals surface area contributed by atoms with E-state index in [1.807, 2.05) is 13.8 Å². The van der Waals surface area contributed by atoms with E-state index in [2.05, 4.69) is 5.32 Å². The Morgan fingerprint density at radius 2 is 1.93 bits per heavy atom. The molecule has 0 aromatic carbocycles. The summed E-state index contributed by atoms with van der Waals surface area (Å²) in [5.74, 6) is -0.0979. The second kappa shape index (κ2) is 3.26. The van der Waals surface area contributed by atoms with Crippen molar-refractivity contribution in [1.82, 2.24) is 10.2 Å². The molecule has 4 heteroatoms. The molecule has 1 heterocycles. The van der Waals surface area contributed by atoms with Crippen LogP contribution in [-0.2, 0) is 4.79 Å². The van der Waals surface area contributed by atoms with Crippen molar-refractivity contribution in [1.29, 1.82) is 0 Å². The van der Waals surface area contributed by atoms with Crippen molar-refractivity contribution in [3.05, 3.63) is 0 Å². The lowest BCUT2D eigenvalue weighted by molar-refractivity contribution is -0.137. The van der Waals surface area contributed by atoms with Crippen LogP contribution in [0.15, 0.2) is 0 Å². The first-order valence-electron chi connectivity index (χ1n) is 5.25. The molecule has 2 aliphatic rings. The van der Waals surface area contributed by atoms with Gasteiger partial charge in [-0.15, -0.1) is 0 Å². The quantitative estimate of drug-likeness (QED) is 0.683. The molecule has 1 aliphatic heterocycles. The van der Waals surface area contributed by atoms with Gasteiger partial charge in [0.1, 0.15) is 0 Å². The molecule has 0 bridgehead atoms. The Balaban J connectivity index is 2.14. The molecule has 78 valence electrons. The molecule has 1 saturated carbocycles. The van der Waals surface area contributed by atoms with Crippen LogP contribution in [0, 0.1) is 5.92 Å². The molecule has 1 saturated heterocycles. The maximum Gasteiger partial charge on any atom is 0.324 e. The summed E-state index contributed by atoms with van der Waals surface area (Å²) in [6.45, 7) is 3.75. The van der Waals surface area contributed by atoms with Gasteiger partial charge in [0.2, 0.25) is 5.91 Å². The summed E-state index contributed by atoms with van der Waals surface area (Å²) in [5.41, 5.74) is 0. The number of hydrogen-bond acceptors (Lipinski definition) is 2. The Morgan fingerprint density at radius 3 is 2.43 bits per heavy atom. The number of nitrogens with one attached hydrogen (secondary N) is 1. The number of nitrogens with zero attached hydrogens (tertiary/aromatic N) is 1. The Bertz CT molecular complexity index is 273. The largest absolute Gasteiger partial charge is 0.334 e. The molecule has 0 aromatic heterocycles. The topological polar surface area (TPSA) is 49.4 Å². The van der Waals surface area contributed by atoms with Gasteiger partial charge in [-0.25, -0.2) is 4.79 Å². The van der Waals surface area contributed by atoms with Gasteiger partial charge in [0.05, 0.1) is 5.92 Å². The predicted octanol–water partition coefficient (Wildman–Crippen LogP) is 1.12. The average molecular weight is 196 g/mol. The van der Waals surface area contributed by atoms with E-state index in [0.29, 0.717) is 0 Å². The third-order valence-electron chi connectivity index (χ3n) is 3.39. The Kier molecular flexibility index (Phi) is 2.21. The van der Waals surface area contributed by atoms with E-state index in [9.17, 15) is 9.59 Å². The van der Waals surface area contributed by atoms with Crippen LogP contribution in [0.2, 0.25) is 0 Å². The van der Waals surface area contributed by atoms with Gasteiger partial charge in [0, 0.05) is 12.1 Å². The second-order valence-corrected chi connectivity index (χ2v) is 4.32. The first-order valence-corrected chi connectivity index (χ1v) is 5.25. The predicted molar refractivity (Wildman–Crippen MR) is 51.6 cm³/mol. The molecule has 1 aliphatic carbocycles. The molecule has 2 rings (SSSR count). The number of imide groups is 1. The maximum absolute atomic E-state index is 11.8. The summed E-state index contributed by atoms with van der Waals surface area (Å²) in [4.78, 5) is 24.9. The van der Waals surface area contributed by atoms with E-state index in [1.54, 1.807) is 0 Å². The fourth-order valence-electron chi connectivity index (χ4n) is 1.91. The summed E-state index contributed by atoms with van der Waals surface area (Å²) in [7, 11) is 0. The zero-order valence-corrected chi connectivity index (χ0v) is 8.62. The molecule has 0 spiro atoms. The normalized spacial score (nSPS) is 34.0. The fraction of sp³-hybridized carbons (Fsp3) is 0.800. The van der Waals surface area contributed by atoms with Crippen molar-refractivity contribution < 1.29 is 9.59 Å². The Labute approximate surface area is 83.6 Å². The van der Waals surface area contributed by atoms with Crippen molar-refractivity contribution in [3.63, 3.8) is 0 Å². The molecule has 2 unspecified atom stereocenters. The van der Waals surface area contributed by atoms with Gasteiger partial charge in [-0.05, 0) is 26.2 Å². The maximum atomic E-state index is 11.8. The van der Waals surface area contributed by atoms with E-state index in [4.69, 9.17) is 0 Å². The third-order valence-corrected chi connectivity index (χ3v) is 3.39. The van der Waals surface area contributed by atoms with Crippen LogP contribution in [0.1, 0.15) is 33.1 Å². The zero-order chi connectivity index (χ0) is 10.3. The van der Waals surface area contributed by atoms with Crippen LogP contribution in [0.3, 0.4) is 0 Å². The second-order valence-electron chi connectivity index (χ2n) is 4.32. The molecule has 0 aromatic rings. The molecule has 14 heavy (non-hydrogen) atoms. The lowest BCUT2D eigenvalue weighted by Gasteiger charge is -2.42. The third kappa shape index (κ3) is 1.29.